The fraction of sp³-hybridized carbons (Fsp3) is 0.556. The number of nitrogens with zero attached hydrogens (tertiary/aromatic N) is 8. The number of carbonyl (C=O) groups excluding carboxylic acids is 4. The van der Waals surface area contributed by atoms with Crippen molar-refractivity contribution in [3.8, 4) is 0 Å². The average Bonchev–Trinajstić information content (AvgIpc) is 4.13. The van der Waals surface area contributed by atoms with Gasteiger partial charge in [-0.1, -0.05) is 18.3 Å². The highest BCUT2D eigenvalue weighted by Gasteiger charge is 2.48. The average molecular weight is 896 g/mol. The summed E-state index contributed by atoms with van der Waals surface area (Å²) in [6.45, 7) is 5.32. The van der Waals surface area contributed by atoms with E-state index in [2.05, 4.69) is 35.9 Å². The molecule has 2 saturated carbocycles. The van der Waals surface area contributed by atoms with Crippen LogP contribution < -0.4 is 20.9 Å². The minimum Gasteiger partial charge on any atom is -0.384 e. The number of benzene rings is 1. The number of imide groups is 2. The first-order valence-electron chi connectivity index (χ1n) is 22.7. The first-order chi connectivity index (χ1) is 31.0. The van der Waals surface area contributed by atoms with Gasteiger partial charge in [0, 0.05) is 44.1 Å². The van der Waals surface area contributed by atoms with Crippen LogP contribution in [0.5, 0.6) is 0 Å². The molecule has 3 atom stereocenters. The molecule has 336 valence electrons. The van der Waals surface area contributed by atoms with Crippen molar-refractivity contribution in [1.82, 2.24) is 39.5 Å². The van der Waals surface area contributed by atoms with Crippen molar-refractivity contribution in [1.29, 1.82) is 0 Å². The van der Waals surface area contributed by atoms with Crippen LogP contribution in [-0.2, 0) is 14.3 Å². The lowest BCUT2D eigenvalue weighted by Crippen LogP contribution is -2.54. The van der Waals surface area contributed by atoms with Crippen LogP contribution in [-0.4, -0.2) is 120 Å². The number of nitrogens with one attached hydrogen (secondary N) is 3. The lowest BCUT2D eigenvalue weighted by atomic mass is 9.57. The highest BCUT2D eigenvalue weighted by molar-refractivity contribution is 7.81. The van der Waals surface area contributed by atoms with Gasteiger partial charge >= 0.3 is 0 Å². The summed E-state index contributed by atoms with van der Waals surface area (Å²) >= 11 is 5.76. The number of morpholine rings is 1. The van der Waals surface area contributed by atoms with Gasteiger partial charge in [-0.2, -0.15) is 10.2 Å². The van der Waals surface area contributed by atoms with Gasteiger partial charge in [-0.15, -0.1) is 0 Å². The largest absolute Gasteiger partial charge is 0.384 e. The molecular weight excluding hydrogens is 845 g/mol. The third kappa shape index (κ3) is 7.42. The van der Waals surface area contributed by atoms with Crippen LogP contribution in [0.4, 0.5) is 26.0 Å². The molecule has 1 aromatic carbocycles. The molecule has 16 nitrogen and oxygen atoms in total. The summed E-state index contributed by atoms with van der Waals surface area (Å²) in [5.74, 6) is -0.190. The first kappa shape index (κ1) is 41.3. The summed E-state index contributed by atoms with van der Waals surface area (Å²) in [6.07, 6.45) is 12.1. The number of ether oxygens (including phenoxy) is 1. The van der Waals surface area contributed by atoms with Gasteiger partial charge < -0.3 is 25.2 Å². The SMILES string of the molecule is O=C1CCC(N2C(=O)c3cccc(NCC4CC5(CCN(C[C@H]6CC[C@H](n7cc(NC(=S)c8cnn9ccc(N%10C[C@H]%11C[C@@H]%10CO%11)nc89)c(C(F)F)n7)CC6)CC5)C4)c3C2=O)C(=O)N1. The number of anilines is 3. The second-order valence-corrected chi connectivity index (χ2v) is 19.5. The molecule has 4 saturated heterocycles. The fourth-order valence-corrected chi connectivity index (χ4v) is 12.0. The Bertz CT molecular complexity index is 2540. The van der Waals surface area contributed by atoms with E-state index in [-0.39, 0.29) is 46.9 Å². The molecule has 11 rings (SSSR count). The van der Waals surface area contributed by atoms with Gasteiger partial charge in [0.15, 0.2) is 11.3 Å². The van der Waals surface area contributed by atoms with Crippen LogP contribution in [0.25, 0.3) is 5.65 Å². The van der Waals surface area contributed by atoms with Crippen molar-refractivity contribution in [3.05, 3.63) is 65.2 Å². The van der Waals surface area contributed by atoms with E-state index in [1.54, 1.807) is 33.7 Å². The van der Waals surface area contributed by atoms with Crippen molar-refractivity contribution in [2.75, 3.05) is 54.9 Å². The first-order valence-corrected chi connectivity index (χ1v) is 23.1. The van der Waals surface area contributed by atoms with Gasteiger partial charge in [0.1, 0.15) is 16.8 Å². The van der Waals surface area contributed by atoms with Crippen molar-refractivity contribution < 1.29 is 32.7 Å². The Morgan fingerprint density at radius 2 is 1.80 bits per heavy atom. The molecule has 0 radical (unpaired) electrons. The van der Waals surface area contributed by atoms with Gasteiger partial charge in [0.2, 0.25) is 11.8 Å². The maximum absolute atomic E-state index is 14.4. The van der Waals surface area contributed by atoms with Crippen LogP contribution in [0, 0.1) is 17.3 Å². The predicted octanol–water partition coefficient (Wildman–Crippen LogP) is 5.37. The number of hydrogen-bond donors (Lipinski definition) is 3. The van der Waals surface area contributed by atoms with Crippen molar-refractivity contribution in [2.45, 2.75) is 101 Å². The lowest BCUT2D eigenvalue weighted by molar-refractivity contribution is -0.136. The molecule has 2 bridgehead atoms. The number of rotatable bonds is 11. The number of fused-ring (bicyclic) bond motifs is 4. The number of aromatic nitrogens is 5. The number of carbonyl (C=O) groups is 4. The minimum absolute atomic E-state index is 0.0313. The van der Waals surface area contributed by atoms with E-state index in [9.17, 15) is 28.0 Å². The molecule has 3 N–H and O–H groups in total. The van der Waals surface area contributed by atoms with Crippen molar-refractivity contribution in [3.63, 3.8) is 0 Å². The standard InChI is InChI=1S/C45H51F2N11O5S/c46-39(47)38-33(50-42(64)31-20-49-56-13-10-35(51-40(31)56)55-22-29-16-28(55)24-63-29)23-57(53-38)27-6-4-25(5-7-27)21-54-14-11-45(12-15-54)17-26(18-45)19-48-32-3-1-2-30-37(32)44(62)58(43(30)61)34-8-9-36(59)52-41(34)60/h1-3,10,13,20,23,25-29,34,39,48H,4-9,11-12,14-19,21-22,24H2,(H,50,64)(H,52,59,60)/t25-,27-,28-,29-,34?/m1/s1. The molecule has 64 heavy (non-hydrogen) atoms. The summed E-state index contributed by atoms with van der Waals surface area (Å²) in [4.78, 5) is 62.0. The van der Waals surface area contributed by atoms with Gasteiger partial charge in [-0.25, -0.2) is 18.3 Å². The number of amides is 4. The molecule has 6 fully saturated rings. The van der Waals surface area contributed by atoms with E-state index in [1.807, 2.05) is 18.3 Å². The van der Waals surface area contributed by atoms with Crippen LogP contribution in [0.1, 0.15) is 115 Å². The third-order valence-corrected chi connectivity index (χ3v) is 15.4. The van der Waals surface area contributed by atoms with Crippen LogP contribution in [0.3, 0.4) is 0 Å². The molecular formula is C45H51F2N11O5S. The summed E-state index contributed by atoms with van der Waals surface area (Å²) in [7, 11) is 0. The molecule has 1 spiro atoms. The quantitative estimate of drug-likeness (QED) is 0.130. The maximum Gasteiger partial charge on any atom is 0.284 e. The van der Waals surface area contributed by atoms with Crippen LogP contribution >= 0.6 is 12.2 Å². The topological polar surface area (TPSA) is 171 Å². The Kier molecular flexibility index (Phi) is 10.5. The summed E-state index contributed by atoms with van der Waals surface area (Å²) in [5.41, 5.74) is 2.53. The van der Waals surface area contributed by atoms with E-state index in [1.165, 1.54) is 0 Å². The summed E-state index contributed by atoms with van der Waals surface area (Å²) < 4.78 is 37.9. The Morgan fingerprint density at radius 3 is 2.53 bits per heavy atom. The molecule has 4 amide bonds. The number of thiocarbonyl (C=S) groups is 1. The predicted molar refractivity (Wildman–Crippen MR) is 234 cm³/mol. The second kappa shape index (κ2) is 16.2. The van der Waals surface area contributed by atoms with Crippen molar-refractivity contribution >= 4 is 63.7 Å². The second-order valence-electron chi connectivity index (χ2n) is 19.1. The lowest BCUT2D eigenvalue weighted by Gasteiger charge is -2.53. The number of hydrogen-bond acceptors (Lipinski definition) is 12. The molecule has 8 heterocycles. The molecule has 7 aliphatic rings. The Labute approximate surface area is 373 Å². The number of likely N-dealkylation sites (tertiary alicyclic amines) is 1. The van der Waals surface area contributed by atoms with Gasteiger partial charge in [-0.05, 0) is 113 Å². The van der Waals surface area contributed by atoms with Gasteiger partial charge in [-0.3, -0.25) is 34.1 Å². The zero-order valence-corrected chi connectivity index (χ0v) is 36.2. The van der Waals surface area contributed by atoms with E-state index in [0.29, 0.717) is 58.9 Å². The van der Waals surface area contributed by atoms with Gasteiger partial charge in [0.05, 0.1) is 53.4 Å². The van der Waals surface area contributed by atoms with Crippen LogP contribution in [0.15, 0.2) is 42.9 Å². The minimum atomic E-state index is -2.77. The highest BCUT2D eigenvalue weighted by atomic mass is 32.1. The van der Waals surface area contributed by atoms with Crippen LogP contribution in [0.2, 0.25) is 0 Å². The molecule has 3 aromatic heterocycles. The maximum atomic E-state index is 14.4. The van der Waals surface area contributed by atoms with E-state index >= 15 is 0 Å². The highest BCUT2D eigenvalue weighted by Crippen LogP contribution is 2.53. The van der Waals surface area contributed by atoms with Gasteiger partial charge in [0.25, 0.3) is 18.2 Å². The molecule has 2 aliphatic carbocycles. The number of piperidine rings is 2. The zero-order valence-electron chi connectivity index (χ0n) is 35.4. The Balaban J connectivity index is 0.645. The van der Waals surface area contributed by atoms with E-state index in [0.717, 1.165) is 94.7 Å². The molecule has 5 aliphatic heterocycles. The Hall–Kier alpha value is -5.40. The molecule has 1 unspecified atom stereocenters. The molecule has 4 aromatic rings. The summed E-state index contributed by atoms with van der Waals surface area (Å²) in [5, 5.41) is 17.6. The molecule has 19 heteroatoms. The van der Waals surface area contributed by atoms with Crippen molar-refractivity contribution in [2.24, 2.45) is 17.3 Å². The van der Waals surface area contributed by atoms with E-state index < -0.39 is 36.1 Å². The Morgan fingerprint density at radius 1 is 0.984 bits per heavy atom. The summed E-state index contributed by atoms with van der Waals surface area (Å²) in [6, 6.07) is 6.45. The fourth-order valence-electron chi connectivity index (χ4n) is 11.7. The normalized spacial score (nSPS) is 26.9. The smallest absolute Gasteiger partial charge is 0.284 e. The number of alkyl halides is 2. The number of halogens is 2. The zero-order chi connectivity index (χ0) is 43.9. The van der Waals surface area contributed by atoms with E-state index in [4.69, 9.17) is 21.9 Å². The monoisotopic (exact) mass is 895 g/mol. The third-order valence-electron chi connectivity index (χ3n) is 15.1.